The average molecular weight is 154 g/mol. The summed E-state index contributed by atoms with van der Waals surface area (Å²) in [5.41, 5.74) is 0. The lowest BCUT2D eigenvalue weighted by molar-refractivity contribution is -0.367. The maximum Gasteiger partial charge on any atom is 0.0383 e. The second-order valence-electron chi connectivity index (χ2n) is 1.20. The Morgan fingerprint density at radius 1 is 1.40 bits per heavy atom. The molecule has 0 saturated heterocycles. The second kappa shape index (κ2) is 23.8. The van der Waals surface area contributed by atoms with Crippen LogP contribution in [0.15, 0.2) is 0 Å². The summed E-state index contributed by atoms with van der Waals surface area (Å²) in [6, 6.07) is 0. The highest BCUT2D eigenvalue weighted by atomic mass is 16.4. The van der Waals surface area contributed by atoms with Gasteiger partial charge in [-0.05, 0) is 6.92 Å². The monoisotopic (exact) mass is 154 g/mol. The molecule has 0 aromatic heterocycles. The van der Waals surface area contributed by atoms with Crippen molar-refractivity contribution in [1.29, 1.82) is 0 Å². The Morgan fingerprint density at radius 2 is 1.50 bits per heavy atom. The fourth-order valence-corrected chi connectivity index (χ4v) is 0. The van der Waals surface area contributed by atoms with Crippen LogP contribution in [-0.4, -0.2) is 12.6 Å². The van der Waals surface area contributed by atoms with Gasteiger partial charge in [-0.25, -0.2) is 0 Å². The second-order valence-corrected chi connectivity index (χ2v) is 1.20. The van der Waals surface area contributed by atoms with E-state index in [-0.39, 0.29) is 18.9 Å². The quantitative estimate of drug-likeness (QED) is 0.514. The lowest BCUT2D eigenvalue weighted by Gasteiger charge is -1.89. The van der Waals surface area contributed by atoms with Gasteiger partial charge >= 0.3 is 0 Å². The molecular weight excluding hydrogens is 136 g/mol. The van der Waals surface area contributed by atoms with E-state index >= 15 is 0 Å². The zero-order chi connectivity index (χ0) is 6.99. The number of carbonyl (C=O) groups is 1. The summed E-state index contributed by atoms with van der Waals surface area (Å²) in [7, 11) is 0. The van der Waals surface area contributed by atoms with Gasteiger partial charge in [0.25, 0.3) is 0 Å². The van der Waals surface area contributed by atoms with Crippen LogP contribution in [0.2, 0.25) is 0 Å². The Hall–Kier alpha value is -0.650. The highest BCUT2D eigenvalue weighted by molar-refractivity contribution is 5.60. The van der Waals surface area contributed by atoms with Crippen molar-refractivity contribution >= 4 is 5.97 Å². The molecule has 0 aromatic carbocycles. The van der Waals surface area contributed by atoms with Crippen molar-refractivity contribution in [3.05, 3.63) is 0 Å². The van der Waals surface area contributed by atoms with Crippen molar-refractivity contribution in [2.75, 3.05) is 6.61 Å². The zero-order valence-corrected chi connectivity index (χ0v) is 7.14. The van der Waals surface area contributed by atoms with Crippen LogP contribution in [0.5, 0.6) is 0 Å². The lowest BCUT2D eigenvalue weighted by Crippen LogP contribution is -2.16. The molecule has 5 heteroatoms. The van der Waals surface area contributed by atoms with Crippen LogP contribution in [0.4, 0.5) is 0 Å². The molecule has 0 rings (SSSR count). The summed E-state index contributed by atoms with van der Waals surface area (Å²) in [5.74, 6) is -1.08. The molecule has 0 radical (unpaired) electrons. The summed E-state index contributed by atoms with van der Waals surface area (Å²) in [6.45, 7) is 2.91. The van der Waals surface area contributed by atoms with E-state index in [1.54, 1.807) is 0 Å². The van der Waals surface area contributed by atoms with E-state index in [9.17, 15) is 5.11 Å². The molecule has 0 aliphatic carbocycles. The third-order valence-corrected chi connectivity index (χ3v) is 0.204. The predicted molar refractivity (Wildman–Crippen MR) is 37.8 cm³/mol. The van der Waals surface area contributed by atoms with Crippen LogP contribution in [0.25, 0.3) is 0 Å². The van der Waals surface area contributed by atoms with Gasteiger partial charge in [0.1, 0.15) is 0 Å². The van der Waals surface area contributed by atoms with Crippen molar-refractivity contribution in [1.82, 2.24) is 12.3 Å². The standard InChI is InChI=1S/C3H7O.C2H4O2.2H3N/c1-2-3-4;1-2(3)4;;/h2-3H2,1H3;1H3,(H,3,4);2*1H3/q-1;;;/p+1. The topological polar surface area (TPSA) is 136 Å². The number of quaternary nitrogens is 2. The number of carboxylic acid groups (broad SMARTS) is 1. The van der Waals surface area contributed by atoms with E-state index < -0.39 is 5.97 Å². The van der Waals surface area contributed by atoms with Gasteiger partial charge in [0.05, 0.1) is 0 Å². The Balaban J connectivity index is -0.0000000300. The normalized spacial score (nSPS) is 5.50. The molecular formula is C5H18N2O3. The molecule has 5 nitrogen and oxygen atoms in total. The molecule has 0 aliphatic rings. The minimum absolute atomic E-state index is 0. The van der Waals surface area contributed by atoms with Gasteiger partial charge < -0.3 is 27.3 Å². The number of aliphatic carboxylic acids is 1. The number of rotatable bonds is 1. The number of carbonyl (C=O) groups excluding carboxylic acids is 1. The van der Waals surface area contributed by atoms with E-state index in [1.807, 2.05) is 6.92 Å². The molecule has 0 atom stereocenters. The molecule has 0 heterocycles. The number of carboxylic acids is 1. The van der Waals surface area contributed by atoms with Gasteiger partial charge in [-0.3, -0.25) is 0 Å². The van der Waals surface area contributed by atoms with E-state index in [1.165, 1.54) is 0 Å². The van der Waals surface area contributed by atoms with Crippen LogP contribution in [0.3, 0.4) is 0 Å². The van der Waals surface area contributed by atoms with Gasteiger partial charge in [0.15, 0.2) is 0 Å². The first-order chi connectivity index (χ1) is 3.65. The first-order valence-corrected chi connectivity index (χ1v) is 2.40. The van der Waals surface area contributed by atoms with Gasteiger partial charge in [-0.1, -0.05) is 13.3 Å². The fourth-order valence-electron chi connectivity index (χ4n) is 0. The van der Waals surface area contributed by atoms with Gasteiger partial charge in [-0.2, -0.15) is 0 Å². The smallest absolute Gasteiger partial charge is 0.0383 e. The largest absolute Gasteiger partial charge is 0.854 e. The van der Waals surface area contributed by atoms with Crippen molar-refractivity contribution in [3.63, 3.8) is 0 Å². The Kier molecular flexibility index (Phi) is 54.3. The molecule has 0 fully saturated rings. The van der Waals surface area contributed by atoms with Crippen LogP contribution >= 0.6 is 0 Å². The van der Waals surface area contributed by atoms with Gasteiger partial charge in [0, 0.05) is 5.97 Å². The summed E-state index contributed by atoms with van der Waals surface area (Å²) < 4.78 is 0. The van der Waals surface area contributed by atoms with Crippen molar-refractivity contribution in [3.8, 4) is 0 Å². The van der Waals surface area contributed by atoms with E-state index in [0.717, 1.165) is 13.3 Å². The SMILES string of the molecule is CC(=O)[O-].CCC[O-].[NH4+].[NH4+]. The maximum atomic E-state index is 9.30. The van der Waals surface area contributed by atoms with Gasteiger partial charge in [0.2, 0.25) is 0 Å². The van der Waals surface area contributed by atoms with Crippen LogP contribution in [0.1, 0.15) is 20.3 Å². The highest BCUT2D eigenvalue weighted by Crippen LogP contribution is 1.56. The third kappa shape index (κ3) is 2420. The Bertz CT molecular complexity index is 52.9. The van der Waals surface area contributed by atoms with Gasteiger partial charge in [-0.15, -0.1) is 6.61 Å². The molecule has 0 aliphatic heterocycles. The van der Waals surface area contributed by atoms with Crippen molar-refractivity contribution in [2.24, 2.45) is 0 Å². The first-order valence-electron chi connectivity index (χ1n) is 2.40. The predicted octanol–water partition coefficient (Wildman–Crippen LogP) is -0.735. The lowest BCUT2D eigenvalue weighted by atomic mass is 10.5. The minimum Gasteiger partial charge on any atom is -0.854 e. The average Bonchev–Trinajstić information content (AvgIpc) is 1.65. The molecule has 66 valence electrons. The Morgan fingerprint density at radius 3 is 1.50 bits per heavy atom. The van der Waals surface area contributed by atoms with E-state index in [0.29, 0.717) is 0 Å². The number of hydrogen-bond acceptors (Lipinski definition) is 3. The van der Waals surface area contributed by atoms with Crippen LogP contribution in [0, 0.1) is 0 Å². The summed E-state index contributed by atoms with van der Waals surface area (Å²) in [5, 5.41) is 18.2. The van der Waals surface area contributed by atoms with Crippen LogP contribution in [-0.2, 0) is 4.79 Å². The highest BCUT2D eigenvalue weighted by Gasteiger charge is 1.46. The van der Waals surface area contributed by atoms with Crippen molar-refractivity contribution < 1.29 is 15.0 Å². The zero-order valence-electron chi connectivity index (χ0n) is 7.14. The number of hydrogen-bond donors (Lipinski definition) is 2. The third-order valence-electron chi connectivity index (χ3n) is 0.204. The molecule has 0 spiro atoms. The van der Waals surface area contributed by atoms with Crippen molar-refractivity contribution in [2.45, 2.75) is 20.3 Å². The molecule has 0 saturated carbocycles. The molecule has 0 unspecified atom stereocenters. The first kappa shape index (κ1) is 22.8. The minimum atomic E-state index is -1.08. The summed E-state index contributed by atoms with van der Waals surface area (Å²) in [4.78, 5) is 8.89. The molecule has 0 bridgehead atoms. The van der Waals surface area contributed by atoms with Crippen LogP contribution < -0.4 is 22.5 Å². The fraction of sp³-hybridized carbons (Fsp3) is 0.800. The molecule has 0 amide bonds. The Labute approximate surface area is 61.2 Å². The molecule has 8 N–H and O–H groups in total. The van der Waals surface area contributed by atoms with E-state index in [2.05, 4.69) is 0 Å². The maximum absolute atomic E-state index is 9.30. The molecule has 10 heavy (non-hydrogen) atoms. The summed E-state index contributed by atoms with van der Waals surface area (Å²) >= 11 is 0. The summed E-state index contributed by atoms with van der Waals surface area (Å²) in [6.07, 6.45) is 0.764. The van der Waals surface area contributed by atoms with E-state index in [4.69, 9.17) is 9.90 Å². The molecule has 0 aromatic rings.